The number of benzene rings is 1. The van der Waals surface area contributed by atoms with Gasteiger partial charge in [-0.2, -0.15) is 0 Å². The van der Waals surface area contributed by atoms with Gasteiger partial charge in [-0.25, -0.2) is 0 Å². The van der Waals surface area contributed by atoms with Gasteiger partial charge in [0, 0.05) is 11.3 Å². The molecule has 3 rings (SSSR count). The minimum Gasteiger partial charge on any atom is -0.359 e. The van der Waals surface area contributed by atoms with Crippen LogP contribution in [0.5, 0.6) is 0 Å². The second kappa shape index (κ2) is 5.80. The van der Waals surface area contributed by atoms with Crippen LogP contribution in [0, 0.1) is 5.92 Å². The molecule has 0 amide bonds. The number of hydrogen-bond donors (Lipinski definition) is 1. The minimum absolute atomic E-state index is 0.238. The van der Waals surface area contributed by atoms with Crippen LogP contribution >= 0.6 is 11.8 Å². The van der Waals surface area contributed by atoms with Crippen LogP contribution in [0.2, 0.25) is 0 Å². The summed E-state index contributed by atoms with van der Waals surface area (Å²) in [5.41, 5.74) is 1.62. The molecule has 0 bridgehead atoms. The van der Waals surface area contributed by atoms with E-state index in [9.17, 15) is 0 Å². The fourth-order valence-electron chi connectivity index (χ4n) is 3.46. The Morgan fingerprint density at radius 3 is 2.90 bits per heavy atom. The van der Waals surface area contributed by atoms with Crippen molar-refractivity contribution in [2.45, 2.75) is 51.1 Å². The first-order chi connectivity index (χ1) is 9.67. The highest BCUT2D eigenvalue weighted by molar-refractivity contribution is 8.14. The summed E-state index contributed by atoms with van der Waals surface area (Å²) in [5.74, 6) is 2.04. The summed E-state index contributed by atoms with van der Waals surface area (Å²) in [4.78, 5) is 4.89. The molecule has 1 N–H and O–H groups in total. The molecule has 3 heteroatoms. The number of nitrogens with one attached hydrogen (secondary N) is 1. The summed E-state index contributed by atoms with van der Waals surface area (Å²) in [5, 5.41) is 4.90. The molecule has 2 aliphatic rings. The predicted octanol–water partition coefficient (Wildman–Crippen LogP) is 4.39. The summed E-state index contributed by atoms with van der Waals surface area (Å²) >= 11 is 1.91. The van der Waals surface area contributed by atoms with Crippen LogP contribution in [-0.2, 0) is 0 Å². The Balaban J connectivity index is 1.69. The lowest BCUT2D eigenvalue weighted by atomic mass is 9.78. The second-order valence-electron chi connectivity index (χ2n) is 6.42. The maximum absolute atomic E-state index is 4.89. The highest BCUT2D eigenvalue weighted by atomic mass is 32.2. The van der Waals surface area contributed by atoms with Gasteiger partial charge in [0.2, 0.25) is 0 Å². The Hall–Kier alpha value is -0.960. The van der Waals surface area contributed by atoms with Gasteiger partial charge in [0.15, 0.2) is 5.17 Å². The Morgan fingerprint density at radius 2 is 2.15 bits per heavy atom. The Bertz CT molecular complexity index is 485. The van der Waals surface area contributed by atoms with E-state index < -0.39 is 0 Å². The Morgan fingerprint density at radius 1 is 1.35 bits per heavy atom. The smallest absolute Gasteiger partial charge is 0.157 e. The van der Waals surface area contributed by atoms with Crippen molar-refractivity contribution in [3.63, 3.8) is 0 Å². The van der Waals surface area contributed by atoms with Gasteiger partial charge in [0.1, 0.15) is 0 Å². The fourth-order valence-corrected chi connectivity index (χ4v) is 4.73. The van der Waals surface area contributed by atoms with Gasteiger partial charge in [-0.1, -0.05) is 61.9 Å². The zero-order valence-electron chi connectivity index (χ0n) is 12.4. The topological polar surface area (TPSA) is 24.4 Å². The Kier molecular flexibility index (Phi) is 4.06. The van der Waals surface area contributed by atoms with Crippen LogP contribution in [0.25, 0.3) is 0 Å². The SMILES string of the molecule is CC1CCCC2(CSC(=NC(C)c3ccccc3)N2)C1. The molecular weight excluding hydrogens is 264 g/mol. The van der Waals surface area contributed by atoms with E-state index in [0.29, 0.717) is 5.54 Å². The number of thioether (sulfide) groups is 1. The van der Waals surface area contributed by atoms with E-state index in [0.717, 1.165) is 11.1 Å². The van der Waals surface area contributed by atoms with E-state index in [2.05, 4.69) is 49.5 Å². The lowest BCUT2D eigenvalue weighted by molar-refractivity contribution is 0.242. The standard InChI is InChI=1S/C17H24N2S/c1-13-7-6-10-17(11-13)12-20-16(19-17)18-14(2)15-8-4-3-5-9-15/h3-5,8-9,13-14H,6-7,10-12H2,1-2H3,(H,18,19). The predicted molar refractivity (Wildman–Crippen MR) is 88.2 cm³/mol. The number of hydrogen-bond acceptors (Lipinski definition) is 2. The summed E-state index contributed by atoms with van der Waals surface area (Å²) < 4.78 is 0. The van der Waals surface area contributed by atoms with Gasteiger partial charge in [0.25, 0.3) is 0 Å². The quantitative estimate of drug-likeness (QED) is 0.873. The van der Waals surface area contributed by atoms with Crippen molar-refractivity contribution in [3.05, 3.63) is 35.9 Å². The van der Waals surface area contributed by atoms with Gasteiger partial charge < -0.3 is 5.32 Å². The van der Waals surface area contributed by atoms with E-state index in [4.69, 9.17) is 4.99 Å². The van der Waals surface area contributed by atoms with Gasteiger partial charge >= 0.3 is 0 Å². The first kappa shape index (κ1) is 14.0. The zero-order chi connectivity index (χ0) is 14.0. The number of nitrogens with zero attached hydrogens (tertiary/aromatic N) is 1. The molecular formula is C17H24N2S. The second-order valence-corrected chi connectivity index (χ2v) is 7.38. The normalized spacial score (nSPS) is 33.3. The maximum Gasteiger partial charge on any atom is 0.157 e. The van der Waals surface area contributed by atoms with Crippen LogP contribution in [-0.4, -0.2) is 16.5 Å². The molecule has 1 saturated carbocycles. The maximum atomic E-state index is 4.89. The molecule has 2 fully saturated rings. The van der Waals surface area contributed by atoms with E-state index in [1.54, 1.807) is 0 Å². The summed E-state index contributed by atoms with van der Waals surface area (Å²) in [6.45, 7) is 4.56. The van der Waals surface area contributed by atoms with E-state index in [-0.39, 0.29) is 6.04 Å². The molecule has 0 aromatic heterocycles. The molecule has 3 unspecified atom stereocenters. The van der Waals surface area contributed by atoms with Crippen LogP contribution < -0.4 is 5.32 Å². The van der Waals surface area contributed by atoms with Crippen molar-refractivity contribution in [3.8, 4) is 0 Å². The van der Waals surface area contributed by atoms with Gasteiger partial charge in [0.05, 0.1) is 6.04 Å². The van der Waals surface area contributed by atoms with Crippen LogP contribution in [0.3, 0.4) is 0 Å². The molecule has 3 atom stereocenters. The van der Waals surface area contributed by atoms with Gasteiger partial charge in [-0.3, -0.25) is 4.99 Å². The lowest BCUT2D eigenvalue weighted by Crippen LogP contribution is -2.47. The molecule has 2 nitrogen and oxygen atoms in total. The van der Waals surface area contributed by atoms with E-state index in [1.807, 2.05) is 11.8 Å². The van der Waals surface area contributed by atoms with Gasteiger partial charge in [-0.15, -0.1) is 0 Å². The third-order valence-corrected chi connectivity index (χ3v) is 5.72. The largest absolute Gasteiger partial charge is 0.359 e. The van der Waals surface area contributed by atoms with Crippen LogP contribution in [0.15, 0.2) is 35.3 Å². The average molecular weight is 288 g/mol. The van der Waals surface area contributed by atoms with Crippen molar-refractivity contribution in [2.75, 3.05) is 5.75 Å². The molecule has 0 radical (unpaired) electrons. The van der Waals surface area contributed by atoms with Crippen molar-refractivity contribution in [1.82, 2.24) is 5.32 Å². The Labute approximate surface area is 126 Å². The molecule has 1 aliphatic heterocycles. The van der Waals surface area contributed by atoms with Crippen molar-refractivity contribution < 1.29 is 0 Å². The molecule has 1 aromatic carbocycles. The van der Waals surface area contributed by atoms with E-state index in [1.165, 1.54) is 37.0 Å². The van der Waals surface area contributed by atoms with Crippen LogP contribution in [0.4, 0.5) is 0 Å². The monoisotopic (exact) mass is 288 g/mol. The van der Waals surface area contributed by atoms with Crippen molar-refractivity contribution >= 4 is 16.9 Å². The highest BCUT2D eigenvalue weighted by Crippen LogP contribution is 2.39. The molecule has 108 valence electrons. The molecule has 1 aliphatic carbocycles. The minimum atomic E-state index is 0.238. The summed E-state index contributed by atoms with van der Waals surface area (Å²) in [6.07, 6.45) is 5.36. The zero-order valence-corrected chi connectivity index (χ0v) is 13.2. The molecule has 1 aromatic rings. The van der Waals surface area contributed by atoms with Crippen LogP contribution in [0.1, 0.15) is 51.1 Å². The molecule has 1 saturated heterocycles. The molecule has 1 spiro atoms. The fraction of sp³-hybridized carbons (Fsp3) is 0.588. The number of aliphatic imine (C=N–C) groups is 1. The number of rotatable bonds is 2. The third kappa shape index (κ3) is 3.03. The third-order valence-electron chi connectivity index (χ3n) is 4.54. The summed E-state index contributed by atoms with van der Waals surface area (Å²) in [7, 11) is 0. The first-order valence-electron chi connectivity index (χ1n) is 7.71. The molecule has 20 heavy (non-hydrogen) atoms. The average Bonchev–Trinajstić information content (AvgIpc) is 2.82. The first-order valence-corrected chi connectivity index (χ1v) is 8.69. The number of amidine groups is 1. The molecule has 1 heterocycles. The van der Waals surface area contributed by atoms with Crippen molar-refractivity contribution in [1.29, 1.82) is 0 Å². The van der Waals surface area contributed by atoms with Gasteiger partial charge in [-0.05, 0) is 31.2 Å². The van der Waals surface area contributed by atoms with E-state index >= 15 is 0 Å². The lowest BCUT2D eigenvalue weighted by Gasteiger charge is -2.36. The highest BCUT2D eigenvalue weighted by Gasteiger charge is 2.40. The van der Waals surface area contributed by atoms with Crippen molar-refractivity contribution in [2.24, 2.45) is 10.9 Å². The summed E-state index contributed by atoms with van der Waals surface area (Å²) in [6, 6.07) is 10.8.